The molecule has 0 aliphatic heterocycles. The van der Waals surface area contributed by atoms with Crippen molar-refractivity contribution in [2.75, 3.05) is 33.5 Å². The average Bonchev–Trinajstić information content (AvgIpc) is 3.35. The maximum atomic E-state index is 12.9. The molecule has 1 atom stereocenters. The van der Waals surface area contributed by atoms with Crippen molar-refractivity contribution >= 4 is 23.9 Å². The number of carbonyl (C=O) groups excluding carboxylic acids is 4. The highest BCUT2D eigenvalue weighted by atomic mass is 16.5. The summed E-state index contributed by atoms with van der Waals surface area (Å²) in [7, 11) is 1.24. The molecule has 10 nitrogen and oxygen atoms in total. The Morgan fingerprint density at radius 1 is 0.688 bits per heavy atom. The van der Waals surface area contributed by atoms with Crippen LogP contribution in [0.15, 0.2) is 85.0 Å². The lowest BCUT2D eigenvalue weighted by Gasteiger charge is -2.11. The molecule has 1 unspecified atom stereocenters. The largest absolute Gasteiger partial charge is 0.494 e. The van der Waals surface area contributed by atoms with Gasteiger partial charge in [0, 0.05) is 23.5 Å². The first kappa shape index (κ1) is 35.5. The van der Waals surface area contributed by atoms with Gasteiger partial charge < -0.3 is 28.4 Å². The molecule has 0 spiro atoms. The van der Waals surface area contributed by atoms with Gasteiger partial charge in [-0.25, -0.2) is 14.4 Å². The van der Waals surface area contributed by atoms with Crippen LogP contribution in [0.25, 0.3) is 11.1 Å². The molecule has 0 bridgehead atoms. The van der Waals surface area contributed by atoms with Crippen LogP contribution in [0.3, 0.4) is 0 Å². The van der Waals surface area contributed by atoms with Gasteiger partial charge in [0.15, 0.2) is 0 Å². The fourth-order valence-electron chi connectivity index (χ4n) is 4.98. The van der Waals surface area contributed by atoms with Crippen LogP contribution < -0.4 is 14.2 Å². The summed E-state index contributed by atoms with van der Waals surface area (Å²) in [5, 5.41) is 0. The van der Waals surface area contributed by atoms with Crippen LogP contribution >= 0.6 is 0 Å². The van der Waals surface area contributed by atoms with E-state index in [2.05, 4.69) is 24.8 Å². The van der Waals surface area contributed by atoms with Gasteiger partial charge in [0.25, 0.3) is 0 Å². The molecule has 0 radical (unpaired) electrons. The smallest absolute Gasteiger partial charge is 0.343 e. The first-order valence-electron chi connectivity index (χ1n) is 15.7. The highest BCUT2D eigenvalue weighted by molar-refractivity contribution is 5.93. The van der Waals surface area contributed by atoms with Gasteiger partial charge in [-0.05, 0) is 90.6 Å². The van der Waals surface area contributed by atoms with Gasteiger partial charge in [0.05, 0.1) is 45.5 Å². The summed E-state index contributed by atoms with van der Waals surface area (Å²) in [6, 6.07) is 18.3. The third-order valence-corrected chi connectivity index (χ3v) is 7.62. The predicted molar refractivity (Wildman–Crippen MR) is 178 cm³/mol. The zero-order valence-electron chi connectivity index (χ0n) is 27.5. The number of rotatable bonds is 17. The van der Waals surface area contributed by atoms with Gasteiger partial charge in [-0.2, -0.15) is 0 Å². The highest BCUT2D eigenvalue weighted by Gasteiger charge is 2.27. The van der Waals surface area contributed by atoms with Crippen LogP contribution in [0.1, 0.15) is 66.9 Å². The molecule has 1 aliphatic rings. The van der Waals surface area contributed by atoms with E-state index in [-0.39, 0.29) is 31.1 Å². The zero-order valence-corrected chi connectivity index (χ0v) is 27.5. The molecule has 0 fully saturated rings. The summed E-state index contributed by atoms with van der Waals surface area (Å²) in [6.07, 6.45) is 1.56. The molecular formula is C38H40O10. The fourth-order valence-corrected chi connectivity index (χ4v) is 4.98. The lowest BCUT2D eigenvalue weighted by atomic mass is 9.99. The van der Waals surface area contributed by atoms with Crippen molar-refractivity contribution in [1.82, 2.24) is 0 Å². The van der Waals surface area contributed by atoms with Crippen molar-refractivity contribution in [2.24, 2.45) is 0 Å². The molecular weight excluding hydrogens is 616 g/mol. The minimum atomic E-state index is -0.627. The van der Waals surface area contributed by atoms with Crippen LogP contribution in [0.4, 0.5) is 0 Å². The van der Waals surface area contributed by atoms with E-state index in [9.17, 15) is 19.2 Å². The molecule has 252 valence electrons. The van der Waals surface area contributed by atoms with Crippen molar-refractivity contribution in [2.45, 2.75) is 45.4 Å². The minimum absolute atomic E-state index is 0.0447. The summed E-state index contributed by atoms with van der Waals surface area (Å²) in [5.74, 6) is -0.210. The van der Waals surface area contributed by atoms with Crippen molar-refractivity contribution < 1.29 is 47.6 Å². The van der Waals surface area contributed by atoms with Crippen molar-refractivity contribution in [3.05, 3.63) is 102 Å². The van der Waals surface area contributed by atoms with E-state index in [1.165, 1.54) is 7.11 Å². The number of carbonyl (C=O) groups is 4. The second kappa shape index (κ2) is 17.0. The van der Waals surface area contributed by atoms with E-state index in [4.69, 9.17) is 23.7 Å². The number of unbranched alkanes of at least 4 members (excludes halogenated alkanes) is 1. The Labute approximate surface area is 280 Å². The summed E-state index contributed by atoms with van der Waals surface area (Å²) in [4.78, 5) is 47.5. The van der Waals surface area contributed by atoms with Gasteiger partial charge in [-0.15, -0.1) is 0 Å². The van der Waals surface area contributed by atoms with Crippen LogP contribution in [0, 0.1) is 0 Å². The number of fused-ring (bicyclic) bond motifs is 3. The molecule has 0 saturated heterocycles. The monoisotopic (exact) mass is 656 g/mol. The third-order valence-electron chi connectivity index (χ3n) is 7.62. The zero-order chi connectivity index (χ0) is 34.6. The van der Waals surface area contributed by atoms with Crippen LogP contribution in [0.2, 0.25) is 0 Å². The molecule has 0 N–H and O–H groups in total. The normalized spacial score (nSPS) is 12.6. The van der Waals surface area contributed by atoms with Crippen LogP contribution in [0.5, 0.6) is 17.2 Å². The van der Waals surface area contributed by atoms with E-state index in [1.807, 2.05) is 30.3 Å². The maximum absolute atomic E-state index is 12.9. The Balaban J connectivity index is 1.21. The van der Waals surface area contributed by atoms with Crippen LogP contribution in [-0.2, 0) is 28.6 Å². The molecule has 0 aromatic heterocycles. The number of benzene rings is 3. The summed E-state index contributed by atoms with van der Waals surface area (Å²) in [6.45, 7) is 12.1. The Bertz CT molecular complexity index is 1670. The molecule has 0 amide bonds. The molecule has 10 heteroatoms. The van der Waals surface area contributed by atoms with E-state index in [1.54, 1.807) is 37.3 Å². The summed E-state index contributed by atoms with van der Waals surface area (Å²) in [5.41, 5.74) is 5.17. The average molecular weight is 657 g/mol. The topological polar surface area (TPSA) is 124 Å². The Morgan fingerprint density at radius 2 is 1.23 bits per heavy atom. The van der Waals surface area contributed by atoms with Gasteiger partial charge in [-0.3, -0.25) is 4.79 Å². The Kier molecular flexibility index (Phi) is 12.5. The Hall–Kier alpha value is -5.38. The first-order valence-corrected chi connectivity index (χ1v) is 15.7. The number of methoxy groups -OCH3 is 1. The maximum Gasteiger partial charge on any atom is 0.343 e. The van der Waals surface area contributed by atoms with E-state index in [0.29, 0.717) is 55.1 Å². The third kappa shape index (κ3) is 9.57. The van der Waals surface area contributed by atoms with Crippen molar-refractivity contribution in [1.29, 1.82) is 0 Å². The summed E-state index contributed by atoms with van der Waals surface area (Å²) >= 11 is 0. The molecule has 4 rings (SSSR count). The van der Waals surface area contributed by atoms with Crippen LogP contribution in [-0.4, -0.2) is 57.4 Å². The number of hydrogen-bond donors (Lipinski definition) is 0. The van der Waals surface area contributed by atoms with Gasteiger partial charge in [0.1, 0.15) is 17.2 Å². The highest BCUT2D eigenvalue weighted by Crippen LogP contribution is 2.47. The van der Waals surface area contributed by atoms with E-state index in [0.717, 1.165) is 28.0 Å². The number of esters is 4. The molecule has 0 saturated carbocycles. The van der Waals surface area contributed by atoms with Gasteiger partial charge in [-0.1, -0.05) is 32.2 Å². The molecule has 0 heterocycles. The van der Waals surface area contributed by atoms with Gasteiger partial charge >= 0.3 is 23.9 Å². The second-order valence-corrected chi connectivity index (χ2v) is 11.3. The number of ether oxygens (including phenoxy) is 6. The van der Waals surface area contributed by atoms with Gasteiger partial charge in [0.2, 0.25) is 0 Å². The number of hydrogen-bond acceptors (Lipinski definition) is 10. The molecule has 3 aromatic carbocycles. The molecule has 3 aromatic rings. The predicted octanol–water partition coefficient (Wildman–Crippen LogP) is 6.75. The Morgan fingerprint density at radius 3 is 1.90 bits per heavy atom. The SMILES string of the molecule is C=C(C)C(=O)OCCCOc1ccc2c(c1)C(C)c1cc(OC(=O)c3ccc(OCCCCOC(=O)C(=C)CC(=O)OC)cc3)ccc1-2. The van der Waals surface area contributed by atoms with E-state index >= 15 is 0 Å². The first-order chi connectivity index (χ1) is 23.1. The van der Waals surface area contributed by atoms with Crippen molar-refractivity contribution in [3.8, 4) is 28.4 Å². The lowest BCUT2D eigenvalue weighted by molar-refractivity contribution is -0.144. The standard InChI is InChI=1S/C38H40O10/c1-24(2)36(40)46-20-8-19-45-29-13-15-31-32-16-14-30(23-34(32)26(4)33(31)22-29)48-38(42)27-9-11-28(12-10-27)44-17-6-7-18-47-37(41)25(3)21-35(39)43-5/h9-16,22-23,26H,1,3,6-8,17-21H2,2,4-5H3. The van der Waals surface area contributed by atoms with Crippen molar-refractivity contribution in [3.63, 3.8) is 0 Å². The molecule has 48 heavy (non-hydrogen) atoms. The summed E-state index contributed by atoms with van der Waals surface area (Å²) < 4.78 is 32.1. The van der Waals surface area contributed by atoms with E-state index < -0.39 is 23.9 Å². The fraction of sp³-hybridized carbons (Fsp3) is 0.316. The lowest BCUT2D eigenvalue weighted by Crippen LogP contribution is -2.13. The second-order valence-electron chi connectivity index (χ2n) is 11.3. The molecule has 1 aliphatic carbocycles. The quantitative estimate of drug-likeness (QED) is 0.0507. The minimum Gasteiger partial charge on any atom is -0.494 e.